The van der Waals surface area contributed by atoms with Crippen LogP contribution in [0.1, 0.15) is 29.6 Å². The molecule has 2 heterocycles. The zero-order chi connectivity index (χ0) is 16.8. The predicted molar refractivity (Wildman–Crippen MR) is 92.0 cm³/mol. The number of nitrogens with one attached hydrogen (secondary N) is 2. The maximum Gasteiger partial charge on any atom is 0.256 e. The lowest BCUT2D eigenvalue weighted by Gasteiger charge is -2.27. The van der Waals surface area contributed by atoms with Crippen LogP contribution in [-0.4, -0.2) is 56.1 Å². The minimum absolute atomic E-state index is 0.0240. The van der Waals surface area contributed by atoms with Gasteiger partial charge >= 0.3 is 0 Å². The topological polar surface area (TPSA) is 70.7 Å². The van der Waals surface area contributed by atoms with Gasteiger partial charge in [0, 0.05) is 19.5 Å². The second-order valence-electron chi connectivity index (χ2n) is 6.40. The van der Waals surface area contributed by atoms with Gasteiger partial charge in [-0.15, -0.1) is 0 Å². The molecule has 24 heavy (non-hydrogen) atoms. The Balaban J connectivity index is 1.60. The number of rotatable bonds is 5. The molecule has 0 aliphatic carbocycles. The van der Waals surface area contributed by atoms with E-state index in [0.717, 1.165) is 25.9 Å². The van der Waals surface area contributed by atoms with Crippen LogP contribution in [-0.2, 0) is 9.53 Å². The van der Waals surface area contributed by atoms with Crippen LogP contribution >= 0.6 is 0 Å². The van der Waals surface area contributed by atoms with Crippen LogP contribution in [0.5, 0.6) is 0 Å². The Hall–Kier alpha value is -1.92. The van der Waals surface area contributed by atoms with E-state index in [1.54, 1.807) is 17.0 Å². The summed E-state index contributed by atoms with van der Waals surface area (Å²) < 4.78 is 5.29. The molecule has 1 aromatic carbocycles. The highest BCUT2D eigenvalue weighted by Crippen LogP contribution is 2.20. The normalized spacial score (nSPS) is 20.8. The number of hydrogen-bond donors (Lipinski definition) is 2. The molecule has 130 valence electrons. The van der Waals surface area contributed by atoms with E-state index in [4.69, 9.17) is 4.74 Å². The third kappa shape index (κ3) is 4.33. The smallest absolute Gasteiger partial charge is 0.256 e. The van der Waals surface area contributed by atoms with Crippen molar-refractivity contribution in [2.75, 3.05) is 44.7 Å². The molecule has 0 bridgehead atoms. The van der Waals surface area contributed by atoms with Gasteiger partial charge in [0.1, 0.15) is 0 Å². The highest BCUT2D eigenvalue weighted by Gasteiger charge is 2.22. The second-order valence-corrected chi connectivity index (χ2v) is 6.40. The zero-order valence-electron chi connectivity index (χ0n) is 13.9. The quantitative estimate of drug-likeness (QED) is 0.857. The van der Waals surface area contributed by atoms with Gasteiger partial charge in [0.25, 0.3) is 5.91 Å². The minimum atomic E-state index is -0.0470. The lowest BCUT2D eigenvalue weighted by Crippen LogP contribution is -2.41. The fourth-order valence-corrected chi connectivity index (χ4v) is 3.22. The number of hydrogen-bond acceptors (Lipinski definition) is 4. The first-order chi connectivity index (χ1) is 11.7. The summed E-state index contributed by atoms with van der Waals surface area (Å²) in [6.07, 6.45) is 2.52. The van der Waals surface area contributed by atoms with Crippen LogP contribution in [0, 0.1) is 5.92 Å². The van der Waals surface area contributed by atoms with Gasteiger partial charge < -0.3 is 20.3 Å². The first-order valence-electron chi connectivity index (χ1n) is 8.70. The van der Waals surface area contributed by atoms with E-state index in [0.29, 0.717) is 49.9 Å². The first kappa shape index (κ1) is 16.9. The number of para-hydroxylation sites is 1. The largest absolute Gasteiger partial charge is 0.378 e. The highest BCUT2D eigenvalue weighted by atomic mass is 16.5. The van der Waals surface area contributed by atoms with Crippen LogP contribution in [0.2, 0.25) is 0 Å². The van der Waals surface area contributed by atoms with E-state index < -0.39 is 0 Å². The maximum absolute atomic E-state index is 12.7. The molecule has 6 heteroatoms. The van der Waals surface area contributed by atoms with E-state index >= 15 is 0 Å². The molecule has 1 atom stereocenters. The van der Waals surface area contributed by atoms with Crippen molar-refractivity contribution in [3.8, 4) is 0 Å². The molecule has 0 saturated carbocycles. The molecular weight excluding hydrogens is 306 g/mol. The summed E-state index contributed by atoms with van der Waals surface area (Å²) in [5, 5.41) is 6.23. The van der Waals surface area contributed by atoms with Crippen LogP contribution in [0.3, 0.4) is 0 Å². The molecule has 1 aromatic rings. The Bertz CT molecular complexity index is 579. The summed E-state index contributed by atoms with van der Waals surface area (Å²) >= 11 is 0. The third-order valence-corrected chi connectivity index (χ3v) is 4.67. The molecule has 2 fully saturated rings. The van der Waals surface area contributed by atoms with Gasteiger partial charge in [0.2, 0.25) is 5.91 Å². The van der Waals surface area contributed by atoms with Crippen LogP contribution in [0.15, 0.2) is 24.3 Å². The van der Waals surface area contributed by atoms with Crippen molar-refractivity contribution in [1.29, 1.82) is 0 Å². The highest BCUT2D eigenvalue weighted by molar-refractivity contribution is 6.03. The van der Waals surface area contributed by atoms with E-state index in [2.05, 4.69) is 10.6 Å². The van der Waals surface area contributed by atoms with Crippen molar-refractivity contribution in [1.82, 2.24) is 10.2 Å². The lowest BCUT2D eigenvalue weighted by atomic mass is 10.0. The zero-order valence-corrected chi connectivity index (χ0v) is 13.9. The molecule has 2 aliphatic heterocycles. The molecule has 2 N–H and O–H groups in total. The van der Waals surface area contributed by atoms with Crippen molar-refractivity contribution in [2.45, 2.75) is 19.3 Å². The summed E-state index contributed by atoms with van der Waals surface area (Å²) in [5.41, 5.74) is 1.15. The Kier molecular flexibility index (Phi) is 5.82. The summed E-state index contributed by atoms with van der Waals surface area (Å²) in [4.78, 5) is 26.7. The van der Waals surface area contributed by atoms with E-state index in [1.807, 2.05) is 12.1 Å². The van der Waals surface area contributed by atoms with Crippen molar-refractivity contribution in [2.24, 2.45) is 5.92 Å². The molecule has 0 radical (unpaired) electrons. The fraction of sp³-hybridized carbons (Fsp3) is 0.556. The average molecular weight is 331 g/mol. The van der Waals surface area contributed by atoms with E-state index in [9.17, 15) is 9.59 Å². The summed E-state index contributed by atoms with van der Waals surface area (Å²) in [6.45, 7) is 4.36. The minimum Gasteiger partial charge on any atom is -0.378 e. The Morgan fingerprint density at radius 2 is 2.04 bits per heavy atom. The Morgan fingerprint density at radius 1 is 1.25 bits per heavy atom. The Morgan fingerprint density at radius 3 is 2.79 bits per heavy atom. The van der Waals surface area contributed by atoms with Crippen LogP contribution in [0.25, 0.3) is 0 Å². The Labute approximate surface area is 142 Å². The van der Waals surface area contributed by atoms with Crippen LogP contribution < -0.4 is 10.6 Å². The number of anilines is 1. The maximum atomic E-state index is 12.7. The molecule has 0 aromatic heterocycles. The van der Waals surface area contributed by atoms with Crippen molar-refractivity contribution in [3.05, 3.63) is 29.8 Å². The second kappa shape index (κ2) is 8.26. The van der Waals surface area contributed by atoms with Gasteiger partial charge in [0.15, 0.2) is 0 Å². The lowest BCUT2D eigenvalue weighted by molar-refractivity contribution is -0.116. The molecule has 2 amide bonds. The SMILES string of the molecule is O=C(CCC1CCNC1)Nc1ccccc1C(=O)N1CCOCC1. The monoisotopic (exact) mass is 331 g/mol. The number of carbonyl (C=O) groups is 2. The van der Waals surface area contributed by atoms with Gasteiger partial charge in [-0.05, 0) is 44.0 Å². The van der Waals surface area contributed by atoms with Gasteiger partial charge in [-0.2, -0.15) is 0 Å². The molecule has 6 nitrogen and oxygen atoms in total. The predicted octanol–water partition coefficient (Wildman–Crippen LogP) is 1.49. The molecular formula is C18H25N3O3. The summed E-state index contributed by atoms with van der Waals surface area (Å²) in [6, 6.07) is 7.23. The third-order valence-electron chi connectivity index (χ3n) is 4.67. The van der Waals surface area contributed by atoms with Gasteiger partial charge in [-0.25, -0.2) is 0 Å². The number of amides is 2. The molecule has 0 spiro atoms. The number of carbonyl (C=O) groups excluding carboxylic acids is 2. The van der Waals surface area contributed by atoms with Gasteiger partial charge in [-0.3, -0.25) is 9.59 Å². The molecule has 2 aliphatic rings. The summed E-state index contributed by atoms with van der Waals surface area (Å²) in [5.74, 6) is 0.513. The fourth-order valence-electron chi connectivity index (χ4n) is 3.22. The van der Waals surface area contributed by atoms with Crippen molar-refractivity contribution >= 4 is 17.5 Å². The molecule has 1 unspecified atom stereocenters. The number of morpholine rings is 1. The molecule has 2 saturated heterocycles. The van der Waals surface area contributed by atoms with Gasteiger partial charge in [-0.1, -0.05) is 12.1 Å². The van der Waals surface area contributed by atoms with Crippen molar-refractivity contribution < 1.29 is 14.3 Å². The van der Waals surface area contributed by atoms with E-state index in [1.165, 1.54) is 0 Å². The standard InChI is InChI=1S/C18H25N3O3/c22-17(6-5-14-7-8-19-13-14)20-16-4-2-1-3-15(16)18(23)21-9-11-24-12-10-21/h1-4,14,19H,5-13H2,(H,20,22). The van der Waals surface area contributed by atoms with E-state index in [-0.39, 0.29) is 11.8 Å². The number of ether oxygens (including phenoxy) is 1. The average Bonchev–Trinajstić information content (AvgIpc) is 3.14. The van der Waals surface area contributed by atoms with Crippen LogP contribution in [0.4, 0.5) is 5.69 Å². The number of benzene rings is 1. The summed E-state index contributed by atoms with van der Waals surface area (Å²) in [7, 11) is 0. The molecule has 3 rings (SSSR count). The van der Waals surface area contributed by atoms with Gasteiger partial charge in [0.05, 0.1) is 24.5 Å². The first-order valence-corrected chi connectivity index (χ1v) is 8.70. The van der Waals surface area contributed by atoms with Crippen molar-refractivity contribution in [3.63, 3.8) is 0 Å². The number of nitrogens with zero attached hydrogens (tertiary/aromatic N) is 1.